The highest BCUT2D eigenvalue weighted by Gasteiger charge is 2.25. The molecule has 0 bridgehead atoms. The Hall–Kier alpha value is -2.18. The highest BCUT2D eigenvalue weighted by Crippen LogP contribution is 2.11. The van der Waals surface area contributed by atoms with Crippen molar-refractivity contribution in [1.29, 1.82) is 0 Å². The third kappa shape index (κ3) is 4.93. The first-order valence-electron chi connectivity index (χ1n) is 9.03. The van der Waals surface area contributed by atoms with Crippen LogP contribution in [0.5, 0.6) is 0 Å². The molecule has 1 saturated heterocycles. The number of nitrogens with one attached hydrogen (secondary N) is 1. The van der Waals surface area contributed by atoms with Crippen molar-refractivity contribution < 1.29 is 9.59 Å². The molecule has 2 heterocycles. The summed E-state index contributed by atoms with van der Waals surface area (Å²) >= 11 is 1.38. The minimum atomic E-state index is -0.509. The van der Waals surface area contributed by atoms with E-state index in [0.29, 0.717) is 11.4 Å². The van der Waals surface area contributed by atoms with Gasteiger partial charge in [0.25, 0.3) is 5.91 Å². The molecule has 5 nitrogen and oxygen atoms in total. The Bertz CT molecular complexity index is 718. The first-order chi connectivity index (χ1) is 12.6. The van der Waals surface area contributed by atoms with E-state index in [-0.39, 0.29) is 11.8 Å². The third-order valence-electron chi connectivity index (χ3n) is 4.61. The van der Waals surface area contributed by atoms with Crippen molar-refractivity contribution in [2.24, 2.45) is 0 Å². The van der Waals surface area contributed by atoms with Crippen LogP contribution in [0.15, 0.2) is 47.8 Å². The van der Waals surface area contributed by atoms with Crippen molar-refractivity contribution >= 4 is 23.2 Å². The number of benzene rings is 1. The molecule has 1 unspecified atom stereocenters. The van der Waals surface area contributed by atoms with Crippen LogP contribution < -0.4 is 5.32 Å². The largest absolute Gasteiger partial charge is 0.340 e. The van der Waals surface area contributed by atoms with Crippen molar-refractivity contribution in [2.45, 2.75) is 25.9 Å². The summed E-state index contributed by atoms with van der Waals surface area (Å²) in [4.78, 5) is 29.8. The number of hydrogen-bond donors (Lipinski definition) is 1. The monoisotopic (exact) mass is 371 g/mol. The van der Waals surface area contributed by atoms with E-state index in [0.717, 1.165) is 32.6 Å². The summed E-state index contributed by atoms with van der Waals surface area (Å²) in [5.41, 5.74) is 1.30. The van der Waals surface area contributed by atoms with Gasteiger partial charge in [0, 0.05) is 32.7 Å². The molecule has 1 aliphatic rings. The molecule has 1 aromatic heterocycles. The van der Waals surface area contributed by atoms with Crippen LogP contribution in [0.25, 0.3) is 0 Å². The summed E-state index contributed by atoms with van der Waals surface area (Å²) in [7, 11) is 0. The molecule has 26 heavy (non-hydrogen) atoms. The van der Waals surface area contributed by atoms with Gasteiger partial charge in [-0.15, -0.1) is 11.3 Å². The first kappa shape index (κ1) is 18.6. The zero-order chi connectivity index (χ0) is 18.4. The smallest absolute Gasteiger partial charge is 0.261 e. The maximum atomic E-state index is 12.7. The fourth-order valence-corrected chi connectivity index (χ4v) is 3.83. The number of nitrogens with zero attached hydrogens (tertiary/aromatic N) is 2. The topological polar surface area (TPSA) is 52.7 Å². The summed E-state index contributed by atoms with van der Waals surface area (Å²) < 4.78 is 0. The van der Waals surface area contributed by atoms with Gasteiger partial charge in [-0.3, -0.25) is 14.5 Å². The molecule has 0 radical (unpaired) electrons. The van der Waals surface area contributed by atoms with Crippen LogP contribution in [0.4, 0.5) is 0 Å². The molecule has 1 N–H and O–H groups in total. The van der Waals surface area contributed by atoms with Crippen LogP contribution in [0.1, 0.15) is 28.6 Å². The Kier molecular flexibility index (Phi) is 6.41. The highest BCUT2D eigenvalue weighted by molar-refractivity contribution is 7.12. The van der Waals surface area contributed by atoms with Crippen LogP contribution in [0.3, 0.4) is 0 Å². The normalized spacial score (nSPS) is 16.7. The van der Waals surface area contributed by atoms with Crippen molar-refractivity contribution in [3.8, 4) is 0 Å². The van der Waals surface area contributed by atoms with Gasteiger partial charge in [0.2, 0.25) is 5.91 Å². The van der Waals surface area contributed by atoms with E-state index in [9.17, 15) is 9.59 Å². The zero-order valence-corrected chi connectivity index (χ0v) is 15.9. The quantitative estimate of drug-likeness (QED) is 0.879. The van der Waals surface area contributed by atoms with E-state index in [1.807, 2.05) is 22.4 Å². The lowest BCUT2D eigenvalue weighted by molar-refractivity contribution is -0.132. The summed E-state index contributed by atoms with van der Waals surface area (Å²) in [6.07, 6.45) is 0.949. The first-order valence-corrected chi connectivity index (χ1v) is 9.91. The Morgan fingerprint density at radius 3 is 2.62 bits per heavy atom. The minimum Gasteiger partial charge on any atom is -0.340 e. The molecule has 2 amide bonds. The van der Waals surface area contributed by atoms with Gasteiger partial charge in [-0.1, -0.05) is 36.4 Å². The Labute approximate surface area is 158 Å². The van der Waals surface area contributed by atoms with Crippen LogP contribution in [-0.4, -0.2) is 53.8 Å². The SMILES string of the molecule is CC(NC(=O)c1cccs1)C(=O)N1CCCN(Cc2ccccc2)CC1. The molecular weight excluding hydrogens is 346 g/mol. The number of hydrogen-bond acceptors (Lipinski definition) is 4. The number of carbonyl (C=O) groups is 2. The Balaban J connectivity index is 1.51. The summed E-state index contributed by atoms with van der Waals surface area (Å²) in [6, 6.07) is 13.5. The predicted octanol–water partition coefficient (Wildman–Crippen LogP) is 2.60. The molecule has 1 aliphatic heterocycles. The van der Waals surface area contributed by atoms with Gasteiger partial charge in [-0.25, -0.2) is 0 Å². The van der Waals surface area contributed by atoms with Gasteiger partial charge < -0.3 is 10.2 Å². The Morgan fingerprint density at radius 2 is 1.88 bits per heavy atom. The number of rotatable bonds is 5. The zero-order valence-electron chi connectivity index (χ0n) is 15.1. The fraction of sp³-hybridized carbons (Fsp3) is 0.400. The average Bonchev–Trinajstić information content (AvgIpc) is 3.10. The maximum Gasteiger partial charge on any atom is 0.261 e. The van der Waals surface area contributed by atoms with E-state index in [1.165, 1.54) is 16.9 Å². The molecule has 0 aliphatic carbocycles. The standard InChI is InChI=1S/C20H25N3O2S/c1-16(21-19(24)18-9-5-14-26-18)20(25)23-11-6-10-22(12-13-23)15-17-7-3-2-4-8-17/h2-5,7-9,14,16H,6,10-13,15H2,1H3,(H,21,24). The van der Waals surface area contributed by atoms with E-state index in [2.05, 4.69) is 34.5 Å². The van der Waals surface area contributed by atoms with E-state index in [1.54, 1.807) is 13.0 Å². The van der Waals surface area contributed by atoms with Gasteiger partial charge in [-0.2, -0.15) is 0 Å². The summed E-state index contributed by atoms with van der Waals surface area (Å²) in [5, 5.41) is 4.68. The lowest BCUT2D eigenvalue weighted by atomic mass is 10.2. The van der Waals surface area contributed by atoms with Crippen LogP contribution in [0.2, 0.25) is 0 Å². The molecule has 1 atom stereocenters. The number of amides is 2. The van der Waals surface area contributed by atoms with Crippen molar-refractivity contribution in [3.05, 3.63) is 58.3 Å². The van der Waals surface area contributed by atoms with Gasteiger partial charge in [0.15, 0.2) is 0 Å². The van der Waals surface area contributed by atoms with Crippen LogP contribution in [-0.2, 0) is 11.3 Å². The summed E-state index contributed by atoms with van der Waals surface area (Å²) in [6.45, 7) is 5.95. The van der Waals surface area contributed by atoms with Gasteiger partial charge in [0.1, 0.15) is 6.04 Å². The lowest BCUT2D eigenvalue weighted by Crippen LogP contribution is -2.47. The maximum absolute atomic E-state index is 12.7. The molecule has 138 valence electrons. The lowest BCUT2D eigenvalue weighted by Gasteiger charge is -2.25. The fourth-order valence-electron chi connectivity index (χ4n) is 3.20. The highest BCUT2D eigenvalue weighted by atomic mass is 32.1. The van der Waals surface area contributed by atoms with Gasteiger partial charge >= 0.3 is 0 Å². The van der Waals surface area contributed by atoms with Crippen LogP contribution in [0, 0.1) is 0 Å². The molecule has 1 aromatic carbocycles. The summed E-state index contributed by atoms with van der Waals surface area (Å²) in [5.74, 6) is -0.183. The molecular formula is C20H25N3O2S. The minimum absolute atomic E-state index is 0.00327. The molecule has 6 heteroatoms. The molecule has 3 rings (SSSR count). The van der Waals surface area contributed by atoms with E-state index in [4.69, 9.17) is 0 Å². The van der Waals surface area contributed by atoms with E-state index < -0.39 is 6.04 Å². The molecule has 2 aromatic rings. The van der Waals surface area contributed by atoms with Crippen molar-refractivity contribution in [2.75, 3.05) is 26.2 Å². The Morgan fingerprint density at radius 1 is 1.08 bits per heavy atom. The number of thiophene rings is 1. The van der Waals surface area contributed by atoms with Crippen molar-refractivity contribution in [1.82, 2.24) is 15.1 Å². The predicted molar refractivity (Wildman–Crippen MR) is 104 cm³/mol. The molecule has 0 spiro atoms. The molecule has 0 saturated carbocycles. The van der Waals surface area contributed by atoms with Crippen molar-refractivity contribution in [3.63, 3.8) is 0 Å². The second-order valence-electron chi connectivity index (χ2n) is 6.61. The second-order valence-corrected chi connectivity index (χ2v) is 7.56. The number of carbonyl (C=O) groups excluding carboxylic acids is 2. The average molecular weight is 372 g/mol. The van der Waals surface area contributed by atoms with Crippen LogP contribution >= 0.6 is 11.3 Å². The second kappa shape index (κ2) is 8.96. The molecule has 1 fully saturated rings. The van der Waals surface area contributed by atoms with Gasteiger partial charge in [0.05, 0.1) is 4.88 Å². The van der Waals surface area contributed by atoms with E-state index >= 15 is 0 Å². The van der Waals surface area contributed by atoms with Gasteiger partial charge in [-0.05, 0) is 30.4 Å². The third-order valence-corrected chi connectivity index (χ3v) is 5.48.